The van der Waals surface area contributed by atoms with E-state index in [2.05, 4.69) is 33.9 Å². The lowest BCUT2D eigenvalue weighted by Gasteiger charge is -2.36. The minimum absolute atomic E-state index is 0.152. The van der Waals surface area contributed by atoms with E-state index in [4.69, 9.17) is 14.0 Å². The first-order valence-electron chi connectivity index (χ1n) is 8.30. The number of carbonyl (C=O) groups is 1. The second kappa shape index (κ2) is 7.36. The van der Waals surface area contributed by atoms with Crippen molar-refractivity contribution in [3.8, 4) is 0 Å². The maximum Gasteiger partial charge on any atom is 0.434 e. The lowest BCUT2D eigenvalue weighted by atomic mass is 10.2. The molecule has 0 saturated heterocycles. The Bertz CT molecular complexity index is 435. The molecule has 1 aliphatic heterocycles. The van der Waals surface area contributed by atoms with Gasteiger partial charge in [-0.05, 0) is 38.9 Å². The molecular formula is C17H33NO4Si. The zero-order valence-electron chi connectivity index (χ0n) is 15.9. The first-order valence-corrected chi connectivity index (χ1v) is 11.2. The molecule has 1 rings (SSSR count). The molecule has 0 saturated carbocycles. The number of rotatable bonds is 4. The predicted octanol–water partition coefficient (Wildman–Crippen LogP) is 4.51. The van der Waals surface area contributed by atoms with E-state index < -0.39 is 20.0 Å². The van der Waals surface area contributed by atoms with E-state index in [0.717, 1.165) is 6.42 Å². The van der Waals surface area contributed by atoms with Gasteiger partial charge in [-0.25, -0.2) is 4.79 Å². The van der Waals surface area contributed by atoms with Gasteiger partial charge in [0.1, 0.15) is 11.7 Å². The molecule has 0 spiro atoms. The molecule has 1 atom stereocenters. The molecule has 0 aromatic carbocycles. The molecule has 6 heteroatoms. The van der Waals surface area contributed by atoms with Crippen molar-refractivity contribution in [1.82, 2.24) is 5.06 Å². The van der Waals surface area contributed by atoms with Crippen molar-refractivity contribution >= 4 is 14.4 Å². The maximum absolute atomic E-state index is 12.0. The molecule has 0 fully saturated rings. The van der Waals surface area contributed by atoms with Crippen LogP contribution in [-0.2, 0) is 14.0 Å². The summed E-state index contributed by atoms with van der Waals surface area (Å²) in [6.45, 7) is 17.7. The van der Waals surface area contributed by atoms with E-state index in [-0.39, 0.29) is 11.1 Å². The fourth-order valence-electron chi connectivity index (χ4n) is 1.78. The van der Waals surface area contributed by atoms with E-state index in [1.807, 2.05) is 32.9 Å². The molecule has 1 aliphatic rings. The standard InChI is InChI=1S/C17H33NO4Si/c1-16(2,3)21-15(19)18-12-9-10-14(22-18)11-13-20-23(7,8)17(4,5)6/h9-10,14H,11-13H2,1-8H3/t14-/m0/s1. The fourth-order valence-corrected chi connectivity index (χ4v) is 2.84. The van der Waals surface area contributed by atoms with Crippen molar-refractivity contribution in [3.05, 3.63) is 12.2 Å². The topological polar surface area (TPSA) is 48.0 Å². The lowest BCUT2D eigenvalue weighted by Crippen LogP contribution is -2.43. The summed E-state index contributed by atoms with van der Waals surface area (Å²) in [5.74, 6) is 0. The first-order chi connectivity index (χ1) is 10.3. The fraction of sp³-hybridized carbons (Fsp3) is 0.824. The Labute approximate surface area is 142 Å². The molecule has 1 amide bonds. The number of hydroxylamine groups is 2. The third kappa shape index (κ3) is 6.65. The van der Waals surface area contributed by atoms with Gasteiger partial charge in [0.25, 0.3) is 0 Å². The number of hydrogen-bond acceptors (Lipinski definition) is 4. The zero-order valence-corrected chi connectivity index (χ0v) is 16.9. The zero-order chi connectivity index (χ0) is 17.9. The number of nitrogens with zero attached hydrogens (tertiary/aromatic N) is 1. The summed E-state index contributed by atoms with van der Waals surface area (Å²) in [7, 11) is -1.74. The monoisotopic (exact) mass is 343 g/mol. The Kier molecular flexibility index (Phi) is 6.46. The second-order valence-corrected chi connectivity index (χ2v) is 13.3. The average Bonchev–Trinajstić information content (AvgIpc) is 2.35. The molecule has 0 radical (unpaired) electrons. The summed E-state index contributed by atoms with van der Waals surface area (Å²) < 4.78 is 11.5. The van der Waals surface area contributed by atoms with Gasteiger partial charge in [0.15, 0.2) is 8.32 Å². The van der Waals surface area contributed by atoms with Crippen LogP contribution in [0.2, 0.25) is 18.1 Å². The predicted molar refractivity (Wildman–Crippen MR) is 94.7 cm³/mol. The minimum Gasteiger partial charge on any atom is -0.442 e. The summed E-state index contributed by atoms with van der Waals surface area (Å²) >= 11 is 0. The first kappa shape index (κ1) is 20.2. The van der Waals surface area contributed by atoms with Crippen molar-refractivity contribution in [2.24, 2.45) is 0 Å². The van der Waals surface area contributed by atoms with Crippen LogP contribution in [0.25, 0.3) is 0 Å². The summed E-state index contributed by atoms with van der Waals surface area (Å²) in [6, 6.07) is 0. The maximum atomic E-state index is 12.0. The molecule has 0 aromatic heterocycles. The molecule has 0 aliphatic carbocycles. The normalized spacial score (nSPS) is 19.8. The van der Waals surface area contributed by atoms with E-state index in [1.54, 1.807) is 0 Å². The summed E-state index contributed by atoms with van der Waals surface area (Å²) in [6.07, 6.45) is 4.04. The van der Waals surface area contributed by atoms with Crippen LogP contribution in [0, 0.1) is 0 Å². The van der Waals surface area contributed by atoms with Crippen LogP contribution < -0.4 is 0 Å². The Morgan fingerprint density at radius 1 is 1.26 bits per heavy atom. The Hall–Kier alpha value is -0.853. The van der Waals surface area contributed by atoms with Gasteiger partial charge in [0, 0.05) is 13.0 Å². The van der Waals surface area contributed by atoms with Gasteiger partial charge in [-0.3, -0.25) is 4.84 Å². The molecule has 23 heavy (non-hydrogen) atoms. The quantitative estimate of drug-likeness (QED) is 0.557. The van der Waals surface area contributed by atoms with Gasteiger partial charge in [0.2, 0.25) is 0 Å². The lowest BCUT2D eigenvalue weighted by molar-refractivity contribution is -0.172. The molecule has 0 unspecified atom stereocenters. The molecule has 5 nitrogen and oxygen atoms in total. The highest BCUT2D eigenvalue weighted by molar-refractivity contribution is 6.74. The van der Waals surface area contributed by atoms with Gasteiger partial charge < -0.3 is 9.16 Å². The highest BCUT2D eigenvalue weighted by atomic mass is 28.4. The summed E-state index contributed by atoms with van der Waals surface area (Å²) in [5, 5.41) is 1.47. The smallest absolute Gasteiger partial charge is 0.434 e. The molecule has 1 heterocycles. The van der Waals surface area contributed by atoms with Gasteiger partial charge in [-0.2, -0.15) is 5.06 Å². The molecule has 0 aromatic rings. The van der Waals surface area contributed by atoms with Crippen LogP contribution in [-0.4, -0.2) is 44.3 Å². The third-order valence-electron chi connectivity index (χ3n) is 4.15. The van der Waals surface area contributed by atoms with Crippen LogP contribution in [0.1, 0.15) is 48.0 Å². The van der Waals surface area contributed by atoms with Gasteiger partial charge >= 0.3 is 6.09 Å². The number of carbonyl (C=O) groups excluding carboxylic acids is 1. The van der Waals surface area contributed by atoms with Crippen molar-refractivity contribution < 1.29 is 18.8 Å². The van der Waals surface area contributed by atoms with Crippen LogP contribution in [0.5, 0.6) is 0 Å². The van der Waals surface area contributed by atoms with E-state index in [0.29, 0.717) is 13.2 Å². The van der Waals surface area contributed by atoms with E-state index in [1.165, 1.54) is 5.06 Å². The van der Waals surface area contributed by atoms with Crippen LogP contribution in [0.3, 0.4) is 0 Å². The van der Waals surface area contributed by atoms with Gasteiger partial charge in [-0.15, -0.1) is 0 Å². The SMILES string of the molecule is CC(C)(C)OC(=O)N1CC=C[C@@H](CCO[Si](C)(C)C(C)(C)C)O1. The minimum atomic E-state index is -1.74. The van der Waals surface area contributed by atoms with Crippen molar-refractivity contribution in [3.63, 3.8) is 0 Å². The Morgan fingerprint density at radius 3 is 2.39 bits per heavy atom. The van der Waals surface area contributed by atoms with Crippen LogP contribution in [0.15, 0.2) is 12.2 Å². The molecule has 0 N–H and O–H groups in total. The third-order valence-corrected chi connectivity index (χ3v) is 8.69. The van der Waals surface area contributed by atoms with Crippen molar-refractivity contribution in [2.75, 3.05) is 13.2 Å². The number of ether oxygens (including phenoxy) is 1. The largest absolute Gasteiger partial charge is 0.442 e. The number of hydrogen-bond donors (Lipinski definition) is 0. The second-order valence-electron chi connectivity index (χ2n) is 8.51. The molecule has 0 bridgehead atoms. The van der Waals surface area contributed by atoms with Crippen molar-refractivity contribution in [1.29, 1.82) is 0 Å². The average molecular weight is 344 g/mol. The van der Waals surface area contributed by atoms with Gasteiger partial charge in [0.05, 0.1) is 6.54 Å². The molecule has 134 valence electrons. The van der Waals surface area contributed by atoms with E-state index >= 15 is 0 Å². The summed E-state index contributed by atoms with van der Waals surface area (Å²) in [4.78, 5) is 17.7. The van der Waals surface area contributed by atoms with Gasteiger partial charge in [-0.1, -0.05) is 32.9 Å². The van der Waals surface area contributed by atoms with Crippen LogP contribution in [0.4, 0.5) is 4.79 Å². The molecular weight excluding hydrogens is 310 g/mol. The Balaban J connectivity index is 2.47. The van der Waals surface area contributed by atoms with Crippen molar-refractivity contribution in [2.45, 2.75) is 77.8 Å². The highest BCUT2D eigenvalue weighted by Gasteiger charge is 2.37. The summed E-state index contributed by atoms with van der Waals surface area (Å²) in [5.41, 5.74) is -0.525. The van der Waals surface area contributed by atoms with Crippen LogP contribution >= 0.6 is 0 Å². The van der Waals surface area contributed by atoms with E-state index in [9.17, 15) is 4.79 Å². The number of amides is 1. The highest BCUT2D eigenvalue weighted by Crippen LogP contribution is 2.36. The Morgan fingerprint density at radius 2 is 1.87 bits per heavy atom.